The van der Waals surface area contributed by atoms with E-state index < -0.39 is 0 Å². The summed E-state index contributed by atoms with van der Waals surface area (Å²) in [4.78, 5) is 11.6. The molecule has 1 aliphatic carbocycles. The standard InChI is InChI=1S/C26H39ClN6/c1-26(2,3)33-10-8-18(9-11-33)14-30-22-12-19(15-29-16-22)23-13-25(31-17-24(23)27)32-21-6-4-20(28)5-7-21/h12-13,15-18,20-21,30H,4-11,14,28H2,1-3H3,(H,31,32). The number of likely N-dealkylation sites (tertiary alicyclic amines) is 1. The molecule has 1 saturated carbocycles. The molecule has 4 rings (SSSR count). The molecular formula is C26H39ClN6. The van der Waals surface area contributed by atoms with E-state index in [1.165, 1.54) is 25.9 Å². The van der Waals surface area contributed by atoms with E-state index in [0.717, 1.165) is 54.9 Å². The quantitative estimate of drug-likeness (QED) is 0.524. The van der Waals surface area contributed by atoms with Crippen LogP contribution in [0.4, 0.5) is 11.5 Å². The zero-order valence-corrected chi connectivity index (χ0v) is 21.0. The van der Waals surface area contributed by atoms with E-state index in [1.807, 2.05) is 18.5 Å². The number of hydrogen-bond donors (Lipinski definition) is 3. The van der Waals surface area contributed by atoms with Crippen molar-refractivity contribution in [2.45, 2.75) is 76.9 Å². The lowest BCUT2D eigenvalue weighted by atomic mass is 9.92. The molecule has 2 aromatic rings. The van der Waals surface area contributed by atoms with Crippen molar-refractivity contribution in [2.24, 2.45) is 11.7 Å². The normalized spacial score (nSPS) is 22.8. The third-order valence-corrected chi connectivity index (χ3v) is 7.49. The van der Waals surface area contributed by atoms with Crippen molar-refractivity contribution in [1.82, 2.24) is 14.9 Å². The van der Waals surface area contributed by atoms with Gasteiger partial charge in [0.2, 0.25) is 0 Å². The Labute approximate surface area is 203 Å². The lowest BCUT2D eigenvalue weighted by Crippen LogP contribution is -2.46. The van der Waals surface area contributed by atoms with Gasteiger partial charge in [-0.3, -0.25) is 9.88 Å². The van der Waals surface area contributed by atoms with E-state index in [4.69, 9.17) is 17.3 Å². The Morgan fingerprint density at radius 1 is 1.03 bits per heavy atom. The highest BCUT2D eigenvalue weighted by Crippen LogP contribution is 2.31. The summed E-state index contributed by atoms with van der Waals surface area (Å²) in [5.74, 6) is 1.55. The van der Waals surface area contributed by atoms with Gasteiger partial charge in [-0.15, -0.1) is 0 Å². The van der Waals surface area contributed by atoms with Crippen LogP contribution in [0.3, 0.4) is 0 Å². The summed E-state index contributed by atoms with van der Waals surface area (Å²) in [6, 6.07) is 4.94. The highest BCUT2D eigenvalue weighted by molar-refractivity contribution is 6.33. The van der Waals surface area contributed by atoms with Gasteiger partial charge in [0.15, 0.2) is 0 Å². The summed E-state index contributed by atoms with van der Waals surface area (Å²) >= 11 is 6.53. The van der Waals surface area contributed by atoms with Gasteiger partial charge in [-0.25, -0.2) is 4.98 Å². The van der Waals surface area contributed by atoms with Crippen LogP contribution in [0.5, 0.6) is 0 Å². The Hall–Kier alpha value is -1.89. The molecule has 7 heteroatoms. The van der Waals surface area contributed by atoms with E-state index in [-0.39, 0.29) is 5.54 Å². The predicted octanol–water partition coefficient (Wildman–Crippen LogP) is 5.40. The highest BCUT2D eigenvalue weighted by atomic mass is 35.5. The minimum atomic E-state index is 0.262. The minimum absolute atomic E-state index is 0.262. The van der Waals surface area contributed by atoms with Crippen LogP contribution in [-0.2, 0) is 0 Å². The van der Waals surface area contributed by atoms with Crippen LogP contribution in [0, 0.1) is 5.92 Å². The van der Waals surface area contributed by atoms with Crippen molar-refractivity contribution >= 4 is 23.1 Å². The Kier molecular flexibility index (Phi) is 7.77. The highest BCUT2D eigenvalue weighted by Gasteiger charge is 2.26. The zero-order chi connectivity index (χ0) is 23.4. The van der Waals surface area contributed by atoms with Crippen LogP contribution in [0.25, 0.3) is 11.1 Å². The van der Waals surface area contributed by atoms with Crippen molar-refractivity contribution < 1.29 is 0 Å². The van der Waals surface area contributed by atoms with Gasteiger partial charge in [-0.2, -0.15) is 0 Å². The molecule has 0 atom stereocenters. The zero-order valence-electron chi connectivity index (χ0n) is 20.3. The fourth-order valence-electron chi connectivity index (χ4n) is 4.97. The second-order valence-corrected chi connectivity index (χ2v) is 11.2. The molecule has 1 aliphatic heterocycles. The fourth-order valence-corrected chi connectivity index (χ4v) is 5.18. The summed E-state index contributed by atoms with van der Waals surface area (Å²) in [6.45, 7) is 10.2. The van der Waals surface area contributed by atoms with Crippen molar-refractivity contribution in [1.29, 1.82) is 0 Å². The molecule has 180 valence electrons. The molecule has 33 heavy (non-hydrogen) atoms. The van der Waals surface area contributed by atoms with E-state index in [1.54, 1.807) is 6.20 Å². The molecule has 0 unspecified atom stereocenters. The molecule has 0 bridgehead atoms. The van der Waals surface area contributed by atoms with Gasteiger partial charge >= 0.3 is 0 Å². The van der Waals surface area contributed by atoms with Gasteiger partial charge in [-0.1, -0.05) is 11.6 Å². The van der Waals surface area contributed by atoms with Gasteiger partial charge in [0.05, 0.1) is 10.7 Å². The second-order valence-electron chi connectivity index (χ2n) is 10.7. The van der Waals surface area contributed by atoms with E-state index in [2.05, 4.69) is 52.3 Å². The predicted molar refractivity (Wildman–Crippen MR) is 139 cm³/mol. The van der Waals surface area contributed by atoms with E-state index >= 15 is 0 Å². The summed E-state index contributed by atoms with van der Waals surface area (Å²) in [7, 11) is 0. The average Bonchev–Trinajstić information content (AvgIpc) is 2.80. The minimum Gasteiger partial charge on any atom is -0.384 e. The SMILES string of the molecule is CC(C)(C)N1CCC(CNc2cncc(-c3cc(NC4CCC(N)CC4)ncc3Cl)c2)CC1. The maximum absolute atomic E-state index is 6.53. The number of pyridine rings is 2. The Morgan fingerprint density at radius 2 is 1.76 bits per heavy atom. The first-order chi connectivity index (χ1) is 15.8. The molecule has 4 N–H and O–H groups in total. The average molecular weight is 471 g/mol. The molecular weight excluding hydrogens is 432 g/mol. The van der Waals surface area contributed by atoms with Crippen LogP contribution in [-0.4, -0.2) is 52.1 Å². The largest absolute Gasteiger partial charge is 0.384 e. The van der Waals surface area contributed by atoms with Crippen LogP contribution >= 0.6 is 11.6 Å². The molecule has 0 spiro atoms. The number of hydrogen-bond acceptors (Lipinski definition) is 6. The van der Waals surface area contributed by atoms with E-state index in [9.17, 15) is 0 Å². The molecule has 6 nitrogen and oxygen atoms in total. The maximum Gasteiger partial charge on any atom is 0.126 e. The van der Waals surface area contributed by atoms with E-state index in [0.29, 0.717) is 23.0 Å². The Morgan fingerprint density at radius 3 is 2.45 bits per heavy atom. The van der Waals surface area contributed by atoms with Crippen molar-refractivity contribution in [2.75, 3.05) is 30.3 Å². The lowest BCUT2D eigenvalue weighted by Gasteiger charge is -2.41. The van der Waals surface area contributed by atoms with Crippen molar-refractivity contribution in [3.8, 4) is 11.1 Å². The third kappa shape index (κ3) is 6.58. The van der Waals surface area contributed by atoms with Gasteiger partial charge in [0.1, 0.15) is 5.82 Å². The molecule has 3 heterocycles. The smallest absolute Gasteiger partial charge is 0.126 e. The number of aromatic nitrogens is 2. The summed E-state index contributed by atoms with van der Waals surface area (Å²) in [6.07, 6.45) is 12.2. The number of piperidine rings is 1. The molecule has 0 radical (unpaired) electrons. The number of nitrogens with zero attached hydrogens (tertiary/aromatic N) is 3. The van der Waals surface area contributed by atoms with Gasteiger partial charge in [0, 0.05) is 53.9 Å². The first-order valence-electron chi connectivity index (χ1n) is 12.4. The lowest BCUT2D eigenvalue weighted by molar-refractivity contribution is 0.0903. The number of nitrogens with one attached hydrogen (secondary N) is 2. The molecule has 2 fully saturated rings. The summed E-state index contributed by atoms with van der Waals surface area (Å²) in [5.41, 5.74) is 9.30. The monoisotopic (exact) mass is 470 g/mol. The van der Waals surface area contributed by atoms with Gasteiger partial charge in [-0.05, 0) is 90.4 Å². The molecule has 2 aliphatic rings. The second kappa shape index (κ2) is 10.6. The first kappa shape index (κ1) is 24.2. The molecule has 1 saturated heterocycles. The number of halogens is 1. The Bertz CT molecular complexity index is 911. The summed E-state index contributed by atoms with van der Waals surface area (Å²) < 4.78 is 0. The maximum atomic E-state index is 6.53. The third-order valence-electron chi connectivity index (χ3n) is 7.19. The molecule has 0 amide bonds. The molecule has 0 aromatic carbocycles. The number of nitrogens with two attached hydrogens (primary N) is 1. The molecule has 2 aromatic heterocycles. The van der Waals surface area contributed by atoms with Gasteiger partial charge in [0.25, 0.3) is 0 Å². The summed E-state index contributed by atoms with van der Waals surface area (Å²) in [5, 5.41) is 7.82. The Balaban J connectivity index is 1.37. The van der Waals surface area contributed by atoms with Crippen molar-refractivity contribution in [3.63, 3.8) is 0 Å². The topological polar surface area (TPSA) is 79.1 Å². The first-order valence-corrected chi connectivity index (χ1v) is 12.8. The van der Waals surface area contributed by atoms with Crippen LogP contribution in [0.15, 0.2) is 30.7 Å². The van der Waals surface area contributed by atoms with Gasteiger partial charge < -0.3 is 16.4 Å². The fraction of sp³-hybridized carbons (Fsp3) is 0.615. The number of anilines is 2. The van der Waals surface area contributed by atoms with Crippen LogP contribution < -0.4 is 16.4 Å². The van der Waals surface area contributed by atoms with Crippen molar-refractivity contribution in [3.05, 3.63) is 35.7 Å². The number of rotatable bonds is 6. The van der Waals surface area contributed by atoms with Crippen LogP contribution in [0.2, 0.25) is 5.02 Å². The van der Waals surface area contributed by atoms with Crippen LogP contribution in [0.1, 0.15) is 59.3 Å².